The summed E-state index contributed by atoms with van der Waals surface area (Å²) < 4.78 is 7.12. The number of amides is 1. The number of thioether (sulfide) groups is 1. The van der Waals surface area contributed by atoms with Crippen molar-refractivity contribution in [3.8, 4) is 5.19 Å². The zero-order chi connectivity index (χ0) is 20.4. The molecule has 0 unspecified atom stereocenters. The second-order valence-corrected chi connectivity index (χ2v) is 10.4. The number of hydrogen-bond acceptors (Lipinski definition) is 5. The van der Waals surface area contributed by atoms with Crippen LogP contribution in [0, 0.1) is 0 Å². The van der Waals surface area contributed by atoms with Crippen molar-refractivity contribution in [1.82, 2.24) is 9.88 Å². The minimum Gasteiger partial charge on any atom is -0.467 e. The van der Waals surface area contributed by atoms with Gasteiger partial charge in [-0.15, -0.1) is 11.8 Å². The predicted octanol–water partition coefficient (Wildman–Crippen LogP) is 6.13. The topological polar surface area (TPSA) is 42.4 Å². The van der Waals surface area contributed by atoms with Gasteiger partial charge in [0.2, 0.25) is 0 Å². The smallest absolute Gasteiger partial charge is 0.274 e. The molecule has 7 heteroatoms. The lowest BCUT2D eigenvalue weighted by molar-refractivity contribution is 0.0595. The SMILES string of the molecule is CC(C)Sc1ccc(C(=O)N2CCC(Oc3nc4c(Cl)cccc4s3)CC2)cc1. The van der Waals surface area contributed by atoms with Crippen LogP contribution in [0.1, 0.15) is 37.0 Å². The van der Waals surface area contributed by atoms with Crippen LogP contribution in [0.15, 0.2) is 47.4 Å². The van der Waals surface area contributed by atoms with Crippen LogP contribution in [0.2, 0.25) is 5.02 Å². The molecule has 0 radical (unpaired) electrons. The predicted molar refractivity (Wildman–Crippen MR) is 122 cm³/mol. The van der Waals surface area contributed by atoms with Crippen LogP contribution in [-0.2, 0) is 0 Å². The molecule has 1 amide bonds. The minimum absolute atomic E-state index is 0.0724. The number of hydrogen-bond donors (Lipinski definition) is 0. The van der Waals surface area contributed by atoms with Crippen LogP contribution in [0.3, 0.4) is 0 Å². The number of piperidine rings is 1. The van der Waals surface area contributed by atoms with Gasteiger partial charge in [0.05, 0.1) is 9.72 Å². The Labute approximate surface area is 184 Å². The van der Waals surface area contributed by atoms with Gasteiger partial charge in [-0.25, -0.2) is 4.98 Å². The molecule has 1 aliphatic rings. The normalized spacial score (nSPS) is 15.2. The molecule has 29 heavy (non-hydrogen) atoms. The number of rotatable bonds is 5. The van der Waals surface area contributed by atoms with E-state index in [2.05, 4.69) is 18.8 Å². The molecule has 3 aromatic rings. The first kappa shape index (κ1) is 20.5. The maximum absolute atomic E-state index is 12.8. The highest BCUT2D eigenvalue weighted by molar-refractivity contribution is 7.99. The summed E-state index contributed by atoms with van der Waals surface area (Å²) in [5, 5.41) is 1.82. The van der Waals surface area contributed by atoms with Gasteiger partial charge in [-0.2, -0.15) is 0 Å². The van der Waals surface area contributed by atoms with Crippen molar-refractivity contribution >= 4 is 50.8 Å². The number of halogens is 1. The molecule has 2 aromatic carbocycles. The molecule has 1 aliphatic heterocycles. The number of carbonyl (C=O) groups is 1. The summed E-state index contributed by atoms with van der Waals surface area (Å²) in [6.07, 6.45) is 1.68. The number of benzene rings is 2. The summed E-state index contributed by atoms with van der Waals surface area (Å²) in [6.45, 7) is 5.72. The average Bonchev–Trinajstić information content (AvgIpc) is 3.12. The Morgan fingerprint density at radius 2 is 1.93 bits per heavy atom. The quantitative estimate of drug-likeness (QED) is 0.442. The number of thiazole rings is 1. The van der Waals surface area contributed by atoms with E-state index in [9.17, 15) is 4.79 Å². The lowest BCUT2D eigenvalue weighted by Crippen LogP contribution is -2.41. The Morgan fingerprint density at radius 3 is 2.59 bits per heavy atom. The van der Waals surface area contributed by atoms with Crippen LogP contribution in [0.5, 0.6) is 5.19 Å². The van der Waals surface area contributed by atoms with Gasteiger partial charge in [0, 0.05) is 41.6 Å². The zero-order valence-corrected chi connectivity index (χ0v) is 18.8. The van der Waals surface area contributed by atoms with Gasteiger partial charge < -0.3 is 9.64 Å². The third-order valence-corrected chi connectivity index (χ3v) is 7.05. The van der Waals surface area contributed by atoms with E-state index in [0.29, 0.717) is 28.6 Å². The minimum atomic E-state index is 0.0724. The number of likely N-dealkylation sites (tertiary alicyclic amines) is 1. The molecule has 0 saturated carbocycles. The Balaban J connectivity index is 1.33. The third-order valence-electron chi connectivity index (χ3n) is 4.82. The van der Waals surface area contributed by atoms with Crippen molar-refractivity contribution < 1.29 is 9.53 Å². The van der Waals surface area contributed by atoms with Crippen molar-refractivity contribution in [2.75, 3.05) is 13.1 Å². The van der Waals surface area contributed by atoms with E-state index < -0.39 is 0 Å². The number of ether oxygens (including phenoxy) is 1. The van der Waals surface area contributed by atoms with Crippen LogP contribution >= 0.6 is 34.7 Å². The van der Waals surface area contributed by atoms with Gasteiger partial charge in [-0.05, 0) is 36.4 Å². The maximum Gasteiger partial charge on any atom is 0.274 e. The van der Waals surface area contributed by atoms with Gasteiger partial charge in [-0.3, -0.25) is 4.79 Å². The fourth-order valence-corrected chi connectivity index (χ4v) is 5.41. The molecule has 1 fully saturated rings. The van der Waals surface area contributed by atoms with Crippen LogP contribution < -0.4 is 4.74 Å². The van der Waals surface area contributed by atoms with E-state index >= 15 is 0 Å². The number of carbonyl (C=O) groups excluding carboxylic acids is 1. The number of para-hydroxylation sites is 1. The van der Waals surface area contributed by atoms with E-state index in [1.54, 1.807) is 11.8 Å². The summed E-state index contributed by atoms with van der Waals surface area (Å²) in [6, 6.07) is 13.7. The van der Waals surface area contributed by atoms with Gasteiger partial charge in [0.15, 0.2) is 0 Å². The van der Waals surface area contributed by atoms with E-state index in [1.165, 1.54) is 16.2 Å². The van der Waals surface area contributed by atoms with Gasteiger partial charge >= 0.3 is 0 Å². The monoisotopic (exact) mass is 446 g/mol. The Kier molecular flexibility index (Phi) is 6.32. The number of fused-ring (bicyclic) bond motifs is 1. The summed E-state index contributed by atoms with van der Waals surface area (Å²) in [5.41, 5.74) is 1.54. The van der Waals surface area contributed by atoms with Gasteiger partial charge in [0.25, 0.3) is 11.1 Å². The highest BCUT2D eigenvalue weighted by Crippen LogP contribution is 2.33. The lowest BCUT2D eigenvalue weighted by atomic mass is 10.1. The molecule has 0 atom stereocenters. The van der Waals surface area contributed by atoms with Crippen molar-refractivity contribution in [3.05, 3.63) is 53.1 Å². The summed E-state index contributed by atoms with van der Waals surface area (Å²) in [5.74, 6) is 0.0938. The lowest BCUT2D eigenvalue weighted by Gasteiger charge is -2.31. The molecule has 1 aromatic heterocycles. The Hall–Kier alpha value is -1.76. The number of nitrogens with zero attached hydrogens (tertiary/aromatic N) is 2. The fourth-order valence-electron chi connectivity index (χ4n) is 3.40. The molecule has 2 heterocycles. The van der Waals surface area contributed by atoms with E-state index in [4.69, 9.17) is 16.3 Å². The second-order valence-electron chi connectivity index (χ2n) is 7.37. The van der Waals surface area contributed by atoms with Crippen LogP contribution in [-0.4, -0.2) is 40.2 Å². The van der Waals surface area contributed by atoms with Gasteiger partial charge in [-0.1, -0.05) is 42.9 Å². The summed E-state index contributed by atoms with van der Waals surface area (Å²) >= 11 is 9.52. The molecule has 152 valence electrons. The highest BCUT2D eigenvalue weighted by atomic mass is 35.5. The molecule has 0 aliphatic carbocycles. The largest absolute Gasteiger partial charge is 0.467 e. The van der Waals surface area contributed by atoms with Gasteiger partial charge in [0.1, 0.15) is 11.6 Å². The van der Waals surface area contributed by atoms with E-state index in [0.717, 1.165) is 28.6 Å². The molecule has 0 bridgehead atoms. The molecular formula is C22H23ClN2O2S2. The van der Waals surface area contributed by atoms with Crippen molar-refractivity contribution in [3.63, 3.8) is 0 Å². The van der Waals surface area contributed by atoms with Crippen LogP contribution in [0.4, 0.5) is 0 Å². The zero-order valence-electron chi connectivity index (χ0n) is 16.4. The highest BCUT2D eigenvalue weighted by Gasteiger charge is 2.25. The van der Waals surface area contributed by atoms with E-state index in [1.807, 2.05) is 47.4 Å². The molecule has 4 nitrogen and oxygen atoms in total. The maximum atomic E-state index is 12.8. The van der Waals surface area contributed by atoms with Crippen molar-refractivity contribution in [1.29, 1.82) is 0 Å². The first-order valence-corrected chi connectivity index (χ1v) is 11.8. The Morgan fingerprint density at radius 1 is 1.21 bits per heavy atom. The molecule has 4 rings (SSSR count). The Bertz CT molecular complexity index is 996. The first-order chi connectivity index (χ1) is 14.0. The van der Waals surface area contributed by atoms with Crippen LogP contribution in [0.25, 0.3) is 10.2 Å². The third kappa shape index (κ3) is 4.87. The standard InChI is InChI=1S/C22H23ClN2O2S2/c1-14(2)28-17-8-6-15(7-9-17)21(26)25-12-10-16(11-13-25)27-22-24-20-18(23)4-3-5-19(20)29-22/h3-9,14,16H,10-13H2,1-2H3. The fraction of sp³-hybridized carbons (Fsp3) is 0.364. The molecule has 1 saturated heterocycles. The number of aromatic nitrogens is 1. The first-order valence-electron chi connectivity index (χ1n) is 9.77. The molecule has 0 spiro atoms. The van der Waals surface area contributed by atoms with E-state index in [-0.39, 0.29) is 12.0 Å². The average molecular weight is 447 g/mol. The van der Waals surface area contributed by atoms with Crippen molar-refractivity contribution in [2.24, 2.45) is 0 Å². The molecular weight excluding hydrogens is 424 g/mol. The molecule has 0 N–H and O–H groups in total. The van der Waals surface area contributed by atoms with Crippen molar-refractivity contribution in [2.45, 2.75) is 42.9 Å². The summed E-state index contributed by atoms with van der Waals surface area (Å²) in [7, 11) is 0. The second kappa shape index (κ2) is 8.94. The summed E-state index contributed by atoms with van der Waals surface area (Å²) in [4.78, 5) is 20.4.